The quantitative estimate of drug-likeness (QED) is 0.207. The van der Waals surface area contributed by atoms with Gasteiger partial charge in [-0.25, -0.2) is 0 Å². The van der Waals surface area contributed by atoms with Crippen molar-refractivity contribution in [3.05, 3.63) is 180 Å². The highest BCUT2D eigenvalue weighted by atomic mass is 14.5. The predicted molar refractivity (Wildman–Crippen MR) is 168 cm³/mol. The molecule has 2 aliphatic rings. The molecule has 0 nitrogen and oxygen atoms in total. The summed E-state index contributed by atoms with van der Waals surface area (Å²) < 4.78 is 0. The van der Waals surface area contributed by atoms with Gasteiger partial charge in [0.05, 0.1) is 5.41 Å². The molecule has 188 valence electrons. The first-order valence-electron chi connectivity index (χ1n) is 14.0. The van der Waals surface area contributed by atoms with Crippen LogP contribution in [0.15, 0.2) is 152 Å². The fourth-order valence-corrected chi connectivity index (χ4v) is 7.26. The highest BCUT2D eigenvalue weighted by Gasteiger charge is 2.51. The van der Waals surface area contributed by atoms with E-state index >= 15 is 0 Å². The third-order valence-electron chi connectivity index (χ3n) is 8.86. The van der Waals surface area contributed by atoms with Gasteiger partial charge in [-0.1, -0.05) is 140 Å². The lowest BCUT2D eigenvalue weighted by atomic mass is 9.70. The minimum atomic E-state index is -0.329. The molecule has 0 saturated heterocycles. The molecule has 0 atom stereocenters. The average Bonchev–Trinajstić information content (AvgIpc) is 3.49. The maximum Gasteiger partial charge on any atom is 0.0725 e. The zero-order valence-corrected chi connectivity index (χ0v) is 22.3. The molecule has 8 rings (SSSR count). The SMILES string of the molecule is C=CCc1ccc(-c2ccc3c(c2)C2(c4ccccc4-c4ccccc42)c2ccccc2-3)c(-c2ccccc2)c1. The number of allylic oxidation sites excluding steroid dienone is 1. The molecule has 0 unspecified atom stereocenters. The van der Waals surface area contributed by atoms with Crippen LogP contribution in [0.25, 0.3) is 44.5 Å². The number of hydrogen-bond acceptors (Lipinski definition) is 0. The maximum atomic E-state index is 3.98. The van der Waals surface area contributed by atoms with Crippen LogP contribution < -0.4 is 0 Å². The minimum Gasteiger partial charge on any atom is -0.103 e. The van der Waals surface area contributed by atoms with Gasteiger partial charge in [0, 0.05) is 0 Å². The Hall–Kier alpha value is -4.94. The van der Waals surface area contributed by atoms with E-state index in [-0.39, 0.29) is 5.41 Å². The van der Waals surface area contributed by atoms with Gasteiger partial charge >= 0.3 is 0 Å². The van der Waals surface area contributed by atoms with Crippen LogP contribution in [-0.4, -0.2) is 0 Å². The van der Waals surface area contributed by atoms with Gasteiger partial charge in [-0.3, -0.25) is 0 Å². The summed E-state index contributed by atoms with van der Waals surface area (Å²) in [5, 5.41) is 0. The van der Waals surface area contributed by atoms with Crippen molar-refractivity contribution in [3.63, 3.8) is 0 Å². The lowest BCUT2D eigenvalue weighted by molar-refractivity contribution is 0.794. The molecule has 0 heteroatoms. The van der Waals surface area contributed by atoms with Crippen LogP contribution in [0, 0.1) is 0 Å². The van der Waals surface area contributed by atoms with Gasteiger partial charge in [0.2, 0.25) is 0 Å². The van der Waals surface area contributed by atoms with Crippen molar-refractivity contribution in [2.75, 3.05) is 0 Å². The summed E-state index contributed by atoms with van der Waals surface area (Å²) in [4.78, 5) is 0. The number of benzene rings is 6. The van der Waals surface area contributed by atoms with Gasteiger partial charge in [0.25, 0.3) is 0 Å². The smallest absolute Gasteiger partial charge is 0.0725 e. The molecular formula is C40H28. The van der Waals surface area contributed by atoms with E-state index in [0.29, 0.717) is 0 Å². The molecule has 0 radical (unpaired) electrons. The van der Waals surface area contributed by atoms with Crippen LogP contribution in [0.2, 0.25) is 0 Å². The summed E-state index contributed by atoms with van der Waals surface area (Å²) in [5.41, 5.74) is 16.8. The number of rotatable bonds is 4. The first-order chi connectivity index (χ1) is 19.8. The second kappa shape index (κ2) is 8.79. The van der Waals surface area contributed by atoms with Crippen LogP contribution in [0.1, 0.15) is 27.8 Å². The van der Waals surface area contributed by atoms with Crippen molar-refractivity contribution in [2.24, 2.45) is 0 Å². The van der Waals surface area contributed by atoms with E-state index in [1.54, 1.807) is 0 Å². The van der Waals surface area contributed by atoms with E-state index < -0.39 is 0 Å². The lowest BCUT2D eigenvalue weighted by Gasteiger charge is -2.30. The van der Waals surface area contributed by atoms with Gasteiger partial charge in [-0.2, -0.15) is 0 Å². The molecule has 0 saturated carbocycles. The Kier molecular flexibility index (Phi) is 5.06. The Bertz CT molecular complexity index is 1880. The largest absolute Gasteiger partial charge is 0.103 e. The molecule has 0 aliphatic heterocycles. The van der Waals surface area contributed by atoms with Gasteiger partial charge in [-0.15, -0.1) is 6.58 Å². The summed E-state index contributed by atoms with van der Waals surface area (Å²) in [7, 11) is 0. The highest BCUT2D eigenvalue weighted by Crippen LogP contribution is 2.63. The lowest BCUT2D eigenvalue weighted by Crippen LogP contribution is -2.25. The second-order valence-corrected chi connectivity index (χ2v) is 10.9. The Morgan fingerprint density at radius 1 is 0.425 bits per heavy atom. The summed E-state index contributed by atoms with van der Waals surface area (Å²) in [6.07, 6.45) is 2.84. The molecular weight excluding hydrogens is 480 g/mol. The Labute approximate surface area is 235 Å². The first-order valence-corrected chi connectivity index (χ1v) is 14.0. The van der Waals surface area contributed by atoms with E-state index in [2.05, 4.69) is 146 Å². The Morgan fingerprint density at radius 3 is 1.55 bits per heavy atom. The van der Waals surface area contributed by atoms with E-state index in [0.717, 1.165) is 6.42 Å². The normalized spacial score (nSPS) is 13.4. The maximum absolute atomic E-state index is 3.98. The molecule has 1 spiro atoms. The molecule has 6 aromatic carbocycles. The van der Waals surface area contributed by atoms with Crippen molar-refractivity contribution >= 4 is 0 Å². The topological polar surface area (TPSA) is 0 Å². The molecule has 6 aromatic rings. The molecule has 40 heavy (non-hydrogen) atoms. The third kappa shape index (κ3) is 3.08. The molecule has 2 aliphatic carbocycles. The number of hydrogen-bond donors (Lipinski definition) is 0. The fourth-order valence-electron chi connectivity index (χ4n) is 7.26. The van der Waals surface area contributed by atoms with Crippen LogP contribution in [0.3, 0.4) is 0 Å². The van der Waals surface area contributed by atoms with Crippen LogP contribution in [0.4, 0.5) is 0 Å². The van der Waals surface area contributed by atoms with E-state index in [9.17, 15) is 0 Å². The molecule has 0 N–H and O–H groups in total. The summed E-state index contributed by atoms with van der Waals surface area (Å²) in [6, 6.07) is 51.8. The Morgan fingerprint density at radius 2 is 0.950 bits per heavy atom. The summed E-state index contributed by atoms with van der Waals surface area (Å²) in [6.45, 7) is 3.98. The van der Waals surface area contributed by atoms with Crippen LogP contribution >= 0.6 is 0 Å². The number of fused-ring (bicyclic) bond motifs is 10. The van der Waals surface area contributed by atoms with E-state index in [1.807, 2.05) is 6.08 Å². The van der Waals surface area contributed by atoms with Gasteiger partial charge < -0.3 is 0 Å². The molecule has 0 fully saturated rings. The summed E-state index contributed by atoms with van der Waals surface area (Å²) >= 11 is 0. The van der Waals surface area contributed by atoms with Gasteiger partial charge in [0.15, 0.2) is 0 Å². The van der Waals surface area contributed by atoms with Crippen molar-refractivity contribution in [1.82, 2.24) is 0 Å². The minimum absolute atomic E-state index is 0.329. The first kappa shape index (κ1) is 23.0. The Balaban J connectivity index is 1.43. The molecule has 0 amide bonds. The monoisotopic (exact) mass is 508 g/mol. The molecule has 0 bridgehead atoms. The van der Waals surface area contributed by atoms with Crippen molar-refractivity contribution in [1.29, 1.82) is 0 Å². The average molecular weight is 509 g/mol. The zero-order chi connectivity index (χ0) is 26.7. The van der Waals surface area contributed by atoms with Crippen molar-refractivity contribution < 1.29 is 0 Å². The standard InChI is InChI=1S/C40H28/c1-2-12-27-21-23-30(35(25-27)28-13-4-3-5-14-28)29-22-24-34-33-17-8-11-20-38(33)40(39(34)26-29)36-18-9-6-15-31(36)32-16-7-10-19-37(32)40/h2-11,13-26H,1,12H2. The summed E-state index contributed by atoms with van der Waals surface area (Å²) in [5.74, 6) is 0. The zero-order valence-electron chi connectivity index (χ0n) is 22.3. The van der Waals surface area contributed by atoms with E-state index in [1.165, 1.54) is 72.3 Å². The molecule has 0 aromatic heterocycles. The second-order valence-electron chi connectivity index (χ2n) is 10.9. The van der Waals surface area contributed by atoms with Gasteiger partial charge in [-0.05, 0) is 84.8 Å². The van der Waals surface area contributed by atoms with E-state index in [4.69, 9.17) is 0 Å². The van der Waals surface area contributed by atoms with Crippen molar-refractivity contribution in [3.8, 4) is 44.5 Å². The predicted octanol–water partition coefficient (Wildman–Crippen LogP) is 10.1. The fraction of sp³-hybridized carbons (Fsp3) is 0.0500. The van der Waals surface area contributed by atoms with Crippen LogP contribution in [0.5, 0.6) is 0 Å². The van der Waals surface area contributed by atoms with Gasteiger partial charge in [0.1, 0.15) is 0 Å². The third-order valence-corrected chi connectivity index (χ3v) is 8.86. The molecule has 0 heterocycles. The van der Waals surface area contributed by atoms with Crippen LogP contribution in [-0.2, 0) is 11.8 Å². The highest BCUT2D eigenvalue weighted by molar-refractivity contribution is 5.96. The van der Waals surface area contributed by atoms with Crippen molar-refractivity contribution in [2.45, 2.75) is 11.8 Å².